The molecule has 27 heavy (non-hydrogen) atoms. The number of likely N-dealkylation sites (tertiary alicyclic amines) is 2. The molecule has 2 saturated heterocycles. The molecule has 6 nitrogen and oxygen atoms in total. The molecule has 3 rings (SSSR count). The van der Waals surface area contributed by atoms with E-state index in [0.29, 0.717) is 6.04 Å². The molecule has 0 spiro atoms. The maximum absolute atomic E-state index is 5.72. The van der Waals surface area contributed by atoms with Crippen molar-refractivity contribution in [2.24, 2.45) is 10.9 Å². The first kappa shape index (κ1) is 20.2. The van der Waals surface area contributed by atoms with E-state index in [1.54, 1.807) is 6.26 Å². The summed E-state index contributed by atoms with van der Waals surface area (Å²) >= 11 is 0. The fraction of sp³-hybridized carbons (Fsp3) is 0.762. The zero-order valence-electron chi connectivity index (χ0n) is 17.3. The molecule has 0 aliphatic carbocycles. The Morgan fingerprint density at radius 3 is 2.70 bits per heavy atom. The van der Waals surface area contributed by atoms with Crippen molar-refractivity contribution in [2.75, 3.05) is 46.3 Å². The monoisotopic (exact) mass is 375 g/mol. The molecule has 1 aromatic heterocycles. The summed E-state index contributed by atoms with van der Waals surface area (Å²) in [5, 5.41) is 7.09. The lowest BCUT2D eigenvalue weighted by molar-refractivity contribution is 0.214. The van der Waals surface area contributed by atoms with Crippen molar-refractivity contribution in [3.63, 3.8) is 0 Å². The second-order valence-electron chi connectivity index (χ2n) is 8.29. The molecule has 0 amide bonds. The Morgan fingerprint density at radius 2 is 2.04 bits per heavy atom. The molecule has 2 fully saturated rings. The van der Waals surface area contributed by atoms with E-state index in [2.05, 4.69) is 45.3 Å². The summed E-state index contributed by atoms with van der Waals surface area (Å²) in [6.45, 7) is 11.1. The van der Waals surface area contributed by atoms with Crippen LogP contribution >= 0.6 is 0 Å². The van der Waals surface area contributed by atoms with E-state index in [-0.39, 0.29) is 6.04 Å². The maximum atomic E-state index is 5.72. The molecule has 2 N–H and O–H groups in total. The summed E-state index contributed by atoms with van der Waals surface area (Å²) in [5.74, 6) is 2.65. The molecule has 3 heterocycles. The van der Waals surface area contributed by atoms with Gasteiger partial charge in [-0.1, -0.05) is 13.8 Å². The highest BCUT2D eigenvalue weighted by Crippen LogP contribution is 2.24. The largest absolute Gasteiger partial charge is 0.468 e. The van der Waals surface area contributed by atoms with Crippen LogP contribution in [0.5, 0.6) is 0 Å². The maximum Gasteiger partial charge on any atom is 0.191 e. The van der Waals surface area contributed by atoms with Crippen molar-refractivity contribution in [1.29, 1.82) is 0 Å². The van der Waals surface area contributed by atoms with Crippen molar-refractivity contribution >= 4 is 5.96 Å². The zero-order chi connectivity index (χ0) is 19.1. The molecule has 2 aliphatic rings. The highest BCUT2D eigenvalue weighted by Gasteiger charge is 2.27. The molecule has 0 radical (unpaired) electrons. The van der Waals surface area contributed by atoms with Crippen molar-refractivity contribution in [2.45, 2.75) is 51.6 Å². The predicted octanol–water partition coefficient (Wildman–Crippen LogP) is 2.70. The Labute approximate surface area is 164 Å². The number of hydrogen-bond donors (Lipinski definition) is 2. The summed E-state index contributed by atoms with van der Waals surface area (Å²) < 4.78 is 5.72. The van der Waals surface area contributed by atoms with E-state index in [1.165, 1.54) is 38.8 Å². The molecule has 0 bridgehead atoms. The van der Waals surface area contributed by atoms with Gasteiger partial charge in [0.15, 0.2) is 5.96 Å². The van der Waals surface area contributed by atoms with Gasteiger partial charge in [-0.2, -0.15) is 0 Å². The molecule has 1 aromatic rings. The van der Waals surface area contributed by atoms with Gasteiger partial charge < -0.3 is 15.1 Å². The van der Waals surface area contributed by atoms with Crippen LogP contribution in [-0.2, 0) is 0 Å². The van der Waals surface area contributed by atoms with Crippen LogP contribution in [-0.4, -0.2) is 68.1 Å². The lowest BCUT2D eigenvalue weighted by Gasteiger charge is -2.28. The Kier molecular flexibility index (Phi) is 7.59. The molecule has 0 aromatic carbocycles. The first-order chi connectivity index (χ1) is 13.2. The highest BCUT2D eigenvalue weighted by molar-refractivity contribution is 5.79. The quantitative estimate of drug-likeness (QED) is 0.540. The van der Waals surface area contributed by atoms with Gasteiger partial charge in [0.1, 0.15) is 5.76 Å². The number of nitrogens with zero attached hydrogens (tertiary/aromatic N) is 3. The van der Waals surface area contributed by atoms with Crippen molar-refractivity contribution < 1.29 is 4.42 Å². The van der Waals surface area contributed by atoms with Gasteiger partial charge in [-0.25, -0.2) is 0 Å². The minimum atomic E-state index is 0.268. The summed E-state index contributed by atoms with van der Waals surface area (Å²) in [4.78, 5) is 9.58. The van der Waals surface area contributed by atoms with Crippen LogP contribution < -0.4 is 10.6 Å². The summed E-state index contributed by atoms with van der Waals surface area (Å²) in [6, 6.07) is 4.95. The fourth-order valence-corrected chi connectivity index (χ4v) is 4.41. The lowest BCUT2D eigenvalue weighted by atomic mass is 10.1. The van der Waals surface area contributed by atoms with Crippen LogP contribution in [0.1, 0.15) is 51.3 Å². The Bertz CT molecular complexity index is 565. The molecule has 2 aliphatic heterocycles. The van der Waals surface area contributed by atoms with Gasteiger partial charge in [0.05, 0.1) is 12.3 Å². The SMILES string of the molecule is CN=C(NCC(c1ccco1)N1CCCC1)NC[C@H]1CCCN1CC(C)C. The first-order valence-electron chi connectivity index (χ1n) is 10.6. The third-order valence-corrected chi connectivity index (χ3v) is 5.74. The van der Waals surface area contributed by atoms with Crippen LogP contribution in [0.2, 0.25) is 0 Å². The Balaban J connectivity index is 1.50. The van der Waals surface area contributed by atoms with Gasteiger partial charge >= 0.3 is 0 Å². The van der Waals surface area contributed by atoms with Gasteiger partial charge in [-0.05, 0) is 63.4 Å². The Hall–Kier alpha value is -1.53. The minimum absolute atomic E-state index is 0.268. The predicted molar refractivity (Wildman–Crippen MR) is 111 cm³/mol. The molecule has 152 valence electrons. The number of rotatable bonds is 8. The van der Waals surface area contributed by atoms with E-state index < -0.39 is 0 Å². The van der Waals surface area contributed by atoms with Gasteiger partial charge in [0, 0.05) is 32.7 Å². The molecule has 6 heteroatoms. The van der Waals surface area contributed by atoms with Crippen molar-refractivity contribution in [1.82, 2.24) is 20.4 Å². The second kappa shape index (κ2) is 10.1. The van der Waals surface area contributed by atoms with E-state index in [9.17, 15) is 0 Å². The number of furan rings is 1. The molecule has 1 unspecified atom stereocenters. The third-order valence-electron chi connectivity index (χ3n) is 5.74. The summed E-state index contributed by atoms with van der Waals surface area (Å²) in [5.41, 5.74) is 0. The zero-order valence-corrected chi connectivity index (χ0v) is 17.3. The Morgan fingerprint density at radius 1 is 1.22 bits per heavy atom. The number of aliphatic imine (C=N–C) groups is 1. The van der Waals surface area contributed by atoms with E-state index in [0.717, 1.165) is 43.8 Å². The standard InChI is InChI=1S/C21H37N5O/c1-17(2)16-26-12-6-8-18(26)14-23-21(22-3)24-15-19(20-9-7-13-27-20)25-10-4-5-11-25/h7,9,13,17-19H,4-6,8,10-12,14-16H2,1-3H3,(H2,22,23,24)/t18-,19?/m1/s1. The van der Waals surface area contributed by atoms with Gasteiger partial charge in [0.25, 0.3) is 0 Å². The summed E-state index contributed by atoms with van der Waals surface area (Å²) in [6.07, 6.45) is 6.91. The minimum Gasteiger partial charge on any atom is -0.468 e. The average Bonchev–Trinajstić information content (AvgIpc) is 3.40. The van der Waals surface area contributed by atoms with Crippen LogP contribution in [0.15, 0.2) is 27.8 Å². The molecule has 0 saturated carbocycles. The normalized spacial score (nSPS) is 23.3. The second-order valence-corrected chi connectivity index (χ2v) is 8.29. The van der Waals surface area contributed by atoms with Crippen LogP contribution in [0, 0.1) is 5.92 Å². The van der Waals surface area contributed by atoms with Gasteiger partial charge in [-0.15, -0.1) is 0 Å². The van der Waals surface area contributed by atoms with Crippen molar-refractivity contribution in [3.05, 3.63) is 24.2 Å². The van der Waals surface area contributed by atoms with Gasteiger partial charge in [-0.3, -0.25) is 14.8 Å². The smallest absolute Gasteiger partial charge is 0.191 e. The van der Waals surface area contributed by atoms with E-state index in [4.69, 9.17) is 4.42 Å². The first-order valence-corrected chi connectivity index (χ1v) is 10.6. The van der Waals surface area contributed by atoms with Crippen LogP contribution in [0.25, 0.3) is 0 Å². The number of hydrogen-bond acceptors (Lipinski definition) is 4. The van der Waals surface area contributed by atoms with Crippen molar-refractivity contribution in [3.8, 4) is 0 Å². The third kappa shape index (κ3) is 5.72. The molecular formula is C21H37N5O. The van der Waals surface area contributed by atoms with Gasteiger partial charge in [0.2, 0.25) is 0 Å². The highest BCUT2D eigenvalue weighted by atomic mass is 16.3. The van der Waals surface area contributed by atoms with Crippen LogP contribution in [0.4, 0.5) is 0 Å². The van der Waals surface area contributed by atoms with E-state index in [1.807, 2.05) is 13.1 Å². The molecule has 2 atom stereocenters. The summed E-state index contributed by atoms with van der Waals surface area (Å²) in [7, 11) is 1.85. The fourth-order valence-electron chi connectivity index (χ4n) is 4.41. The average molecular weight is 376 g/mol. The van der Waals surface area contributed by atoms with Crippen LogP contribution in [0.3, 0.4) is 0 Å². The topological polar surface area (TPSA) is 56.0 Å². The number of nitrogens with one attached hydrogen (secondary N) is 2. The molecular weight excluding hydrogens is 338 g/mol. The van der Waals surface area contributed by atoms with E-state index >= 15 is 0 Å². The lowest BCUT2D eigenvalue weighted by Crippen LogP contribution is -2.47. The number of guanidine groups is 1.